The third-order valence-electron chi connectivity index (χ3n) is 1.70. The van der Waals surface area contributed by atoms with Crippen LogP contribution in [0.25, 0.3) is 0 Å². The molecule has 1 rings (SSSR count). The zero-order chi connectivity index (χ0) is 11.6. The number of hydrogen-bond donors (Lipinski definition) is 1. The van der Waals surface area contributed by atoms with Gasteiger partial charge in [-0.05, 0) is 19.1 Å². The maximum absolute atomic E-state index is 11.9. The van der Waals surface area contributed by atoms with Gasteiger partial charge in [0.15, 0.2) is 5.78 Å². The molecule has 15 heavy (non-hydrogen) atoms. The van der Waals surface area contributed by atoms with E-state index >= 15 is 0 Å². The Bertz CT molecular complexity index is 396. The van der Waals surface area contributed by atoms with Crippen molar-refractivity contribution in [3.63, 3.8) is 0 Å². The fourth-order valence-corrected chi connectivity index (χ4v) is 1.28. The summed E-state index contributed by atoms with van der Waals surface area (Å²) in [6.45, 7) is -1.72. The Morgan fingerprint density at radius 3 is 2.60 bits per heavy atom. The van der Waals surface area contributed by atoms with Gasteiger partial charge in [-0.2, -0.15) is 8.78 Å². The highest BCUT2D eigenvalue weighted by Gasteiger charge is 2.13. The molecule has 6 heteroatoms. The first-order chi connectivity index (χ1) is 6.91. The van der Waals surface area contributed by atoms with Crippen LogP contribution in [0.15, 0.2) is 12.1 Å². The van der Waals surface area contributed by atoms with E-state index in [1.54, 1.807) is 0 Å². The van der Waals surface area contributed by atoms with E-state index in [0.29, 0.717) is 0 Å². The molecule has 3 nitrogen and oxygen atoms in total. The molecule has 0 unspecified atom stereocenters. The Balaban J connectivity index is 3.17. The minimum absolute atomic E-state index is 0.0576. The van der Waals surface area contributed by atoms with Crippen LogP contribution in [0.1, 0.15) is 17.3 Å². The number of ketones is 1. The van der Waals surface area contributed by atoms with E-state index < -0.39 is 6.61 Å². The third kappa shape index (κ3) is 2.79. The molecule has 82 valence electrons. The fraction of sp³-hybridized carbons (Fsp3) is 0.222. The zero-order valence-electron chi connectivity index (χ0n) is 7.76. The van der Waals surface area contributed by atoms with Crippen LogP contribution in [0.5, 0.6) is 5.75 Å². The number of anilines is 1. The van der Waals surface area contributed by atoms with Crippen molar-refractivity contribution < 1.29 is 18.3 Å². The number of carbonyl (C=O) groups is 1. The highest BCUT2D eigenvalue weighted by Crippen LogP contribution is 2.31. The second-order valence-electron chi connectivity index (χ2n) is 2.80. The summed E-state index contributed by atoms with van der Waals surface area (Å²) < 4.78 is 28.0. The van der Waals surface area contributed by atoms with Gasteiger partial charge in [0.2, 0.25) is 0 Å². The number of benzene rings is 1. The molecule has 1 aromatic rings. The molecule has 0 fully saturated rings. The largest absolute Gasteiger partial charge is 0.433 e. The first-order valence-electron chi connectivity index (χ1n) is 3.96. The predicted molar refractivity (Wildman–Crippen MR) is 52.5 cm³/mol. The normalized spacial score (nSPS) is 10.5. The van der Waals surface area contributed by atoms with E-state index in [9.17, 15) is 13.6 Å². The summed E-state index contributed by atoms with van der Waals surface area (Å²) in [5.74, 6) is -0.602. The molecule has 0 aliphatic rings. The monoisotopic (exact) mass is 235 g/mol. The molecule has 0 aliphatic heterocycles. The summed E-state index contributed by atoms with van der Waals surface area (Å²) in [5.41, 5.74) is 5.71. The first-order valence-corrected chi connectivity index (χ1v) is 4.34. The Kier molecular flexibility index (Phi) is 3.47. The van der Waals surface area contributed by atoms with Gasteiger partial charge in [0, 0.05) is 11.3 Å². The number of ether oxygens (including phenoxy) is 1. The number of Topliss-reactive ketones (excluding diaryl/α,β-unsaturated/α-hetero) is 1. The van der Waals surface area contributed by atoms with Crippen LogP contribution >= 0.6 is 11.6 Å². The van der Waals surface area contributed by atoms with Gasteiger partial charge >= 0.3 is 6.61 Å². The highest BCUT2D eigenvalue weighted by molar-refractivity contribution is 6.32. The lowest BCUT2D eigenvalue weighted by Crippen LogP contribution is -2.05. The third-order valence-corrected chi connectivity index (χ3v) is 1.99. The minimum atomic E-state index is -2.99. The van der Waals surface area contributed by atoms with Gasteiger partial charge in [0.1, 0.15) is 5.75 Å². The van der Waals surface area contributed by atoms with Gasteiger partial charge in [0.25, 0.3) is 0 Å². The molecule has 0 bridgehead atoms. The van der Waals surface area contributed by atoms with Gasteiger partial charge in [0.05, 0.1) is 5.02 Å². The minimum Gasteiger partial charge on any atom is -0.433 e. The van der Waals surface area contributed by atoms with E-state index in [4.69, 9.17) is 17.3 Å². The standard InChI is InChI=1S/C9H8ClF2NO2/c1-4(14)5-2-8(15-9(11)12)6(10)3-7(5)13/h2-3,9H,13H2,1H3. The lowest BCUT2D eigenvalue weighted by atomic mass is 10.1. The molecule has 1 aromatic carbocycles. The van der Waals surface area contributed by atoms with Crippen LogP contribution in [0.4, 0.5) is 14.5 Å². The number of carbonyl (C=O) groups excluding carboxylic acids is 1. The molecular formula is C9H8ClF2NO2. The Hall–Kier alpha value is -1.36. The maximum atomic E-state index is 11.9. The fourth-order valence-electron chi connectivity index (χ4n) is 1.06. The second kappa shape index (κ2) is 4.44. The molecule has 0 spiro atoms. The van der Waals surface area contributed by atoms with Crippen molar-refractivity contribution in [2.24, 2.45) is 0 Å². The summed E-state index contributed by atoms with van der Waals surface area (Å²) in [6.07, 6.45) is 0. The number of nitrogens with two attached hydrogens (primary N) is 1. The Morgan fingerprint density at radius 1 is 1.53 bits per heavy atom. The van der Waals surface area contributed by atoms with E-state index in [1.165, 1.54) is 13.0 Å². The number of alkyl halides is 2. The van der Waals surface area contributed by atoms with Crippen LogP contribution in [0, 0.1) is 0 Å². The van der Waals surface area contributed by atoms with E-state index in [-0.39, 0.29) is 27.8 Å². The lowest BCUT2D eigenvalue weighted by Gasteiger charge is -2.09. The number of nitrogen functional groups attached to an aromatic ring is 1. The van der Waals surface area contributed by atoms with E-state index in [1.807, 2.05) is 0 Å². The summed E-state index contributed by atoms with van der Waals surface area (Å²) in [5, 5.41) is -0.0576. The summed E-state index contributed by atoms with van der Waals surface area (Å²) >= 11 is 5.60. The Morgan fingerprint density at radius 2 is 2.13 bits per heavy atom. The average Bonchev–Trinajstić information content (AvgIpc) is 2.08. The zero-order valence-corrected chi connectivity index (χ0v) is 8.52. The SMILES string of the molecule is CC(=O)c1cc(OC(F)F)c(Cl)cc1N. The molecule has 0 aromatic heterocycles. The van der Waals surface area contributed by atoms with Crippen LogP contribution in [0.2, 0.25) is 5.02 Å². The Labute approximate surface area is 89.8 Å². The molecule has 0 heterocycles. The summed E-state index contributed by atoms with van der Waals surface area (Å²) in [7, 11) is 0. The second-order valence-corrected chi connectivity index (χ2v) is 3.21. The van der Waals surface area contributed by atoms with Gasteiger partial charge in [-0.25, -0.2) is 0 Å². The van der Waals surface area contributed by atoms with Crippen molar-refractivity contribution >= 4 is 23.1 Å². The quantitative estimate of drug-likeness (QED) is 0.647. The molecular weight excluding hydrogens is 228 g/mol. The van der Waals surface area contributed by atoms with Crippen molar-refractivity contribution in [3.05, 3.63) is 22.7 Å². The molecule has 0 aliphatic carbocycles. The molecule has 2 N–H and O–H groups in total. The van der Waals surface area contributed by atoms with Crippen LogP contribution < -0.4 is 10.5 Å². The molecule has 0 atom stereocenters. The van der Waals surface area contributed by atoms with Crippen molar-refractivity contribution in [2.45, 2.75) is 13.5 Å². The molecule has 0 amide bonds. The highest BCUT2D eigenvalue weighted by atomic mass is 35.5. The molecule has 0 radical (unpaired) electrons. The summed E-state index contributed by atoms with van der Waals surface area (Å²) in [6, 6.07) is 2.31. The van der Waals surface area contributed by atoms with Gasteiger partial charge in [-0.1, -0.05) is 11.6 Å². The smallest absolute Gasteiger partial charge is 0.387 e. The molecule has 0 saturated carbocycles. The van der Waals surface area contributed by atoms with Crippen molar-refractivity contribution in [1.29, 1.82) is 0 Å². The van der Waals surface area contributed by atoms with Crippen LogP contribution in [-0.4, -0.2) is 12.4 Å². The van der Waals surface area contributed by atoms with Crippen molar-refractivity contribution in [3.8, 4) is 5.75 Å². The number of hydrogen-bond acceptors (Lipinski definition) is 3. The van der Waals surface area contributed by atoms with Gasteiger partial charge in [-0.3, -0.25) is 4.79 Å². The maximum Gasteiger partial charge on any atom is 0.387 e. The topological polar surface area (TPSA) is 52.3 Å². The van der Waals surface area contributed by atoms with Gasteiger partial charge < -0.3 is 10.5 Å². The van der Waals surface area contributed by atoms with E-state index in [2.05, 4.69) is 4.74 Å². The lowest BCUT2D eigenvalue weighted by molar-refractivity contribution is -0.0498. The average molecular weight is 236 g/mol. The first kappa shape index (κ1) is 11.7. The molecule has 0 saturated heterocycles. The predicted octanol–water partition coefficient (Wildman–Crippen LogP) is 2.73. The summed E-state index contributed by atoms with van der Waals surface area (Å²) in [4.78, 5) is 11.0. The van der Waals surface area contributed by atoms with E-state index in [0.717, 1.165) is 6.07 Å². The van der Waals surface area contributed by atoms with Crippen LogP contribution in [-0.2, 0) is 0 Å². The van der Waals surface area contributed by atoms with Gasteiger partial charge in [-0.15, -0.1) is 0 Å². The number of rotatable bonds is 3. The van der Waals surface area contributed by atoms with Crippen LogP contribution in [0.3, 0.4) is 0 Å². The number of halogens is 3. The van der Waals surface area contributed by atoms with Crippen molar-refractivity contribution in [2.75, 3.05) is 5.73 Å². The van der Waals surface area contributed by atoms with Crippen molar-refractivity contribution in [1.82, 2.24) is 0 Å².